The number of hydrogen-bond acceptors (Lipinski definition) is 2. The summed E-state index contributed by atoms with van der Waals surface area (Å²) in [6.45, 7) is 1.96. The van der Waals surface area contributed by atoms with E-state index in [9.17, 15) is 4.79 Å². The molecule has 0 unspecified atom stereocenters. The summed E-state index contributed by atoms with van der Waals surface area (Å²) in [4.78, 5) is 14.5. The number of carbonyl (C=O) groups excluding carboxylic acids is 1. The molecule has 1 spiro atoms. The van der Waals surface area contributed by atoms with Gasteiger partial charge in [0.25, 0.3) is 0 Å². The van der Waals surface area contributed by atoms with E-state index in [1.807, 2.05) is 24.3 Å². The zero-order valence-electron chi connectivity index (χ0n) is 12.8. The maximum Gasteiger partial charge on any atom is 0.222 e. The molecular formula is C18H26N2O. The predicted molar refractivity (Wildman–Crippen MR) is 85.9 cm³/mol. The number of amides is 1. The van der Waals surface area contributed by atoms with Crippen LogP contribution in [0.5, 0.6) is 0 Å². The topological polar surface area (TPSA) is 46.3 Å². The highest BCUT2D eigenvalue weighted by Crippen LogP contribution is 2.43. The molecule has 2 N–H and O–H groups in total. The lowest BCUT2D eigenvalue weighted by Crippen LogP contribution is -2.33. The number of carbonyl (C=O) groups is 1. The Balaban J connectivity index is 1.53. The van der Waals surface area contributed by atoms with Gasteiger partial charge in [0.15, 0.2) is 0 Å². The van der Waals surface area contributed by atoms with Crippen LogP contribution in [-0.2, 0) is 11.2 Å². The van der Waals surface area contributed by atoms with Gasteiger partial charge < -0.3 is 10.6 Å². The van der Waals surface area contributed by atoms with Gasteiger partial charge in [-0.25, -0.2) is 0 Å². The summed E-state index contributed by atoms with van der Waals surface area (Å²) < 4.78 is 0. The Morgan fingerprint density at radius 1 is 1.14 bits per heavy atom. The second kappa shape index (κ2) is 6.08. The number of aryl methyl sites for hydroxylation is 1. The van der Waals surface area contributed by atoms with Crippen molar-refractivity contribution in [2.24, 2.45) is 5.41 Å². The van der Waals surface area contributed by atoms with Crippen LogP contribution in [0.25, 0.3) is 0 Å². The first-order valence-electron chi connectivity index (χ1n) is 8.30. The van der Waals surface area contributed by atoms with Crippen LogP contribution in [0.1, 0.15) is 50.5 Å². The summed E-state index contributed by atoms with van der Waals surface area (Å²) >= 11 is 0. The number of para-hydroxylation sites is 1. The van der Waals surface area contributed by atoms with Crippen molar-refractivity contribution in [1.82, 2.24) is 4.90 Å². The van der Waals surface area contributed by atoms with Gasteiger partial charge in [-0.15, -0.1) is 0 Å². The number of benzene rings is 1. The molecule has 1 aromatic rings. The van der Waals surface area contributed by atoms with Gasteiger partial charge in [0.05, 0.1) is 0 Å². The van der Waals surface area contributed by atoms with Crippen LogP contribution in [0.3, 0.4) is 0 Å². The zero-order chi connectivity index (χ0) is 14.7. The molecule has 1 saturated carbocycles. The highest BCUT2D eigenvalue weighted by molar-refractivity contribution is 5.77. The van der Waals surface area contributed by atoms with E-state index in [4.69, 9.17) is 5.73 Å². The number of rotatable bonds is 3. The molecule has 1 aromatic carbocycles. The van der Waals surface area contributed by atoms with Crippen molar-refractivity contribution >= 4 is 11.6 Å². The van der Waals surface area contributed by atoms with Crippen molar-refractivity contribution in [3.05, 3.63) is 29.8 Å². The summed E-state index contributed by atoms with van der Waals surface area (Å²) in [6.07, 6.45) is 9.28. The molecule has 1 aliphatic heterocycles. The van der Waals surface area contributed by atoms with E-state index in [2.05, 4.69) is 4.90 Å². The molecule has 3 heteroatoms. The predicted octanol–water partition coefficient (Wildman–Crippen LogP) is 3.38. The van der Waals surface area contributed by atoms with Crippen molar-refractivity contribution in [2.45, 2.75) is 51.4 Å². The largest absolute Gasteiger partial charge is 0.399 e. The van der Waals surface area contributed by atoms with Crippen molar-refractivity contribution < 1.29 is 4.79 Å². The van der Waals surface area contributed by atoms with E-state index in [-0.39, 0.29) is 0 Å². The quantitative estimate of drug-likeness (QED) is 0.866. The molecule has 2 aliphatic rings. The molecule has 3 nitrogen and oxygen atoms in total. The molecule has 2 fully saturated rings. The number of likely N-dealkylation sites (tertiary alicyclic amines) is 1. The summed E-state index contributed by atoms with van der Waals surface area (Å²) in [5.41, 5.74) is 8.30. The second-order valence-electron chi connectivity index (χ2n) is 6.82. The SMILES string of the molecule is Nc1ccccc1CCC(=O)N1CCC2(CCCCC2)C1. The Morgan fingerprint density at radius 2 is 1.90 bits per heavy atom. The van der Waals surface area contributed by atoms with Crippen molar-refractivity contribution in [3.63, 3.8) is 0 Å². The lowest BCUT2D eigenvalue weighted by Gasteiger charge is -2.33. The number of nitrogen functional groups attached to an aromatic ring is 1. The standard InChI is InChI=1S/C18H26N2O/c19-16-7-3-2-6-15(16)8-9-17(21)20-13-12-18(14-20)10-4-1-5-11-18/h2-3,6-7H,1,4-5,8-14,19H2. The van der Waals surface area contributed by atoms with Crippen LogP contribution in [0.4, 0.5) is 5.69 Å². The van der Waals surface area contributed by atoms with Crippen molar-refractivity contribution in [2.75, 3.05) is 18.8 Å². The highest BCUT2D eigenvalue weighted by Gasteiger charge is 2.40. The maximum absolute atomic E-state index is 12.4. The van der Waals surface area contributed by atoms with Crippen molar-refractivity contribution in [1.29, 1.82) is 0 Å². The Kier molecular flexibility index (Phi) is 4.18. The number of anilines is 1. The van der Waals surface area contributed by atoms with E-state index in [0.29, 0.717) is 17.7 Å². The molecule has 0 bridgehead atoms. The van der Waals surface area contributed by atoms with E-state index in [1.54, 1.807) is 0 Å². The minimum absolute atomic E-state index is 0.306. The Hall–Kier alpha value is -1.51. The fourth-order valence-corrected chi connectivity index (χ4v) is 4.02. The minimum atomic E-state index is 0.306. The molecule has 21 heavy (non-hydrogen) atoms. The van der Waals surface area contributed by atoms with Crippen LogP contribution in [-0.4, -0.2) is 23.9 Å². The molecule has 114 valence electrons. The fourth-order valence-electron chi connectivity index (χ4n) is 4.02. The monoisotopic (exact) mass is 286 g/mol. The van der Waals surface area contributed by atoms with Crippen LogP contribution >= 0.6 is 0 Å². The molecule has 1 aliphatic carbocycles. The first-order valence-corrected chi connectivity index (χ1v) is 8.30. The molecule has 1 amide bonds. The third-order valence-electron chi connectivity index (χ3n) is 5.37. The van der Waals surface area contributed by atoms with Crippen molar-refractivity contribution in [3.8, 4) is 0 Å². The molecule has 1 heterocycles. The molecule has 0 radical (unpaired) electrons. The van der Waals surface area contributed by atoms with Crippen LogP contribution in [0, 0.1) is 5.41 Å². The van der Waals surface area contributed by atoms with Gasteiger partial charge in [0.1, 0.15) is 0 Å². The summed E-state index contributed by atoms with van der Waals surface area (Å²) in [6, 6.07) is 7.86. The maximum atomic E-state index is 12.4. The first-order chi connectivity index (χ1) is 10.2. The molecule has 3 rings (SSSR count). The third-order valence-corrected chi connectivity index (χ3v) is 5.37. The number of hydrogen-bond donors (Lipinski definition) is 1. The smallest absolute Gasteiger partial charge is 0.222 e. The van der Waals surface area contributed by atoms with Gasteiger partial charge in [-0.2, -0.15) is 0 Å². The summed E-state index contributed by atoms with van der Waals surface area (Å²) in [5, 5.41) is 0. The lowest BCUT2D eigenvalue weighted by atomic mass is 9.73. The Bertz CT molecular complexity index is 506. The Labute approximate surface area is 127 Å². The molecule has 0 atom stereocenters. The first kappa shape index (κ1) is 14.4. The normalized spacial score (nSPS) is 20.9. The molecule has 1 saturated heterocycles. The molecular weight excluding hydrogens is 260 g/mol. The van der Waals surface area contributed by atoms with Gasteiger partial charge in [-0.05, 0) is 42.7 Å². The number of nitrogens with two attached hydrogens (primary N) is 1. The van der Waals surface area contributed by atoms with Gasteiger partial charge in [0, 0.05) is 25.2 Å². The highest BCUT2D eigenvalue weighted by atomic mass is 16.2. The van der Waals surface area contributed by atoms with Gasteiger partial charge >= 0.3 is 0 Å². The van der Waals surface area contributed by atoms with Gasteiger partial charge in [0.2, 0.25) is 5.91 Å². The van der Waals surface area contributed by atoms with E-state index in [1.165, 1.54) is 38.5 Å². The van der Waals surface area contributed by atoms with E-state index < -0.39 is 0 Å². The second-order valence-corrected chi connectivity index (χ2v) is 6.82. The van der Waals surface area contributed by atoms with Crippen LogP contribution in [0.2, 0.25) is 0 Å². The molecule has 0 aromatic heterocycles. The third kappa shape index (κ3) is 3.22. The van der Waals surface area contributed by atoms with E-state index >= 15 is 0 Å². The fraction of sp³-hybridized carbons (Fsp3) is 0.611. The van der Waals surface area contributed by atoms with Gasteiger partial charge in [-0.1, -0.05) is 37.5 Å². The lowest BCUT2D eigenvalue weighted by molar-refractivity contribution is -0.130. The van der Waals surface area contributed by atoms with Crippen LogP contribution < -0.4 is 5.73 Å². The average molecular weight is 286 g/mol. The zero-order valence-corrected chi connectivity index (χ0v) is 12.8. The number of nitrogens with zero attached hydrogens (tertiary/aromatic N) is 1. The summed E-state index contributed by atoms with van der Waals surface area (Å²) in [7, 11) is 0. The minimum Gasteiger partial charge on any atom is -0.399 e. The Morgan fingerprint density at radius 3 is 2.67 bits per heavy atom. The van der Waals surface area contributed by atoms with Crippen LogP contribution in [0.15, 0.2) is 24.3 Å². The summed E-state index contributed by atoms with van der Waals surface area (Å²) in [5.74, 6) is 0.306. The van der Waals surface area contributed by atoms with E-state index in [0.717, 1.165) is 30.8 Å². The average Bonchev–Trinajstić information content (AvgIpc) is 2.90. The van der Waals surface area contributed by atoms with Gasteiger partial charge in [-0.3, -0.25) is 4.79 Å².